The van der Waals surface area contributed by atoms with Crippen molar-refractivity contribution in [3.05, 3.63) is 90.3 Å². The maximum atomic E-state index is 13.4. The minimum absolute atomic E-state index is 0.224. The van der Waals surface area contributed by atoms with Gasteiger partial charge in [0.25, 0.3) is 10.0 Å². The molecule has 1 N–H and O–H groups in total. The van der Waals surface area contributed by atoms with Crippen molar-refractivity contribution in [2.45, 2.75) is 11.8 Å². The first kappa shape index (κ1) is 21.2. The lowest BCUT2D eigenvalue weighted by Gasteiger charge is -2.15. The average molecular weight is 476 g/mol. The van der Waals surface area contributed by atoms with Crippen LogP contribution in [0.15, 0.2) is 89.5 Å². The molecule has 0 aliphatic rings. The van der Waals surface area contributed by atoms with E-state index in [2.05, 4.69) is 9.71 Å². The summed E-state index contributed by atoms with van der Waals surface area (Å²) in [6.45, 7) is 1.90. The Morgan fingerprint density at radius 2 is 1.79 bits per heavy atom. The molecular weight excluding hydrogens is 454 g/mol. The number of nitrogens with zero attached hydrogens (tertiary/aromatic N) is 2. The van der Waals surface area contributed by atoms with Crippen molar-refractivity contribution in [2.24, 2.45) is 0 Å². The Morgan fingerprint density at radius 1 is 1.00 bits per heavy atom. The first-order valence-electron chi connectivity index (χ1n) is 10.2. The van der Waals surface area contributed by atoms with Gasteiger partial charge in [-0.3, -0.25) is 4.72 Å². The van der Waals surface area contributed by atoms with Crippen LogP contribution in [0.3, 0.4) is 0 Å². The third kappa shape index (κ3) is 3.99. The molecule has 0 amide bonds. The highest BCUT2D eigenvalue weighted by Crippen LogP contribution is 2.37. The van der Waals surface area contributed by atoms with Gasteiger partial charge in [-0.2, -0.15) is 0 Å². The number of aryl methyl sites for hydroxylation is 1. The number of rotatable bonds is 6. The van der Waals surface area contributed by atoms with Gasteiger partial charge < -0.3 is 9.30 Å². The van der Waals surface area contributed by atoms with Gasteiger partial charge in [-0.15, -0.1) is 11.3 Å². The van der Waals surface area contributed by atoms with Crippen LogP contribution < -0.4 is 9.46 Å². The van der Waals surface area contributed by atoms with Gasteiger partial charge >= 0.3 is 0 Å². The van der Waals surface area contributed by atoms with Gasteiger partial charge in [0.1, 0.15) is 5.75 Å². The summed E-state index contributed by atoms with van der Waals surface area (Å²) in [7, 11) is -2.30. The standard InChI is InChI=1S/C25H21N3O3S2/c1-17-14-28(16-26-17)22-12-11-18(13-23(22)31-2)27-33(29,30)25-10-6-4-8-20(25)21-15-32-24-9-5-3-7-19(21)24/h3-16,27H,1-2H3. The fourth-order valence-electron chi connectivity index (χ4n) is 3.83. The van der Waals surface area contributed by atoms with Crippen molar-refractivity contribution in [2.75, 3.05) is 11.8 Å². The molecule has 2 heterocycles. The van der Waals surface area contributed by atoms with Gasteiger partial charge in [0.05, 0.1) is 35.4 Å². The molecule has 0 aliphatic heterocycles. The molecule has 0 spiro atoms. The highest BCUT2D eigenvalue weighted by molar-refractivity contribution is 7.92. The van der Waals surface area contributed by atoms with E-state index in [1.807, 2.05) is 59.5 Å². The van der Waals surface area contributed by atoms with Crippen LogP contribution in [0, 0.1) is 6.92 Å². The number of aromatic nitrogens is 2. The highest BCUT2D eigenvalue weighted by atomic mass is 32.2. The summed E-state index contributed by atoms with van der Waals surface area (Å²) in [6.07, 6.45) is 3.57. The van der Waals surface area contributed by atoms with E-state index >= 15 is 0 Å². The highest BCUT2D eigenvalue weighted by Gasteiger charge is 2.21. The molecule has 3 aromatic carbocycles. The molecule has 5 rings (SSSR count). The average Bonchev–Trinajstić information content (AvgIpc) is 3.45. The van der Waals surface area contributed by atoms with E-state index in [4.69, 9.17) is 4.74 Å². The van der Waals surface area contributed by atoms with Gasteiger partial charge in [0.15, 0.2) is 0 Å². The van der Waals surface area contributed by atoms with Crippen LogP contribution in [0.2, 0.25) is 0 Å². The third-order valence-electron chi connectivity index (χ3n) is 5.37. The van der Waals surface area contributed by atoms with E-state index in [0.717, 1.165) is 27.0 Å². The van der Waals surface area contributed by atoms with Crippen LogP contribution in [-0.4, -0.2) is 25.1 Å². The minimum atomic E-state index is -3.86. The Balaban J connectivity index is 1.53. The number of sulfonamides is 1. The largest absolute Gasteiger partial charge is 0.494 e. The van der Waals surface area contributed by atoms with Crippen molar-refractivity contribution in [1.82, 2.24) is 9.55 Å². The monoisotopic (exact) mass is 475 g/mol. The molecule has 0 saturated carbocycles. The molecule has 0 radical (unpaired) electrons. The zero-order valence-electron chi connectivity index (χ0n) is 18.0. The fraction of sp³-hybridized carbons (Fsp3) is 0.0800. The number of ether oxygens (including phenoxy) is 1. The van der Waals surface area contributed by atoms with Crippen molar-refractivity contribution in [3.8, 4) is 22.6 Å². The van der Waals surface area contributed by atoms with Crippen LogP contribution in [0.1, 0.15) is 5.69 Å². The van der Waals surface area contributed by atoms with E-state index in [1.165, 1.54) is 0 Å². The number of thiophene rings is 1. The van der Waals surface area contributed by atoms with Gasteiger partial charge in [0, 0.05) is 33.5 Å². The molecule has 5 aromatic rings. The molecule has 33 heavy (non-hydrogen) atoms. The predicted octanol–water partition coefficient (Wildman–Crippen LogP) is 5.87. The maximum Gasteiger partial charge on any atom is 0.262 e. The lowest BCUT2D eigenvalue weighted by Crippen LogP contribution is -2.14. The SMILES string of the molecule is COc1cc(NS(=O)(=O)c2ccccc2-c2csc3ccccc23)ccc1-n1cnc(C)c1. The number of methoxy groups -OCH3 is 1. The molecule has 0 bridgehead atoms. The van der Waals surface area contributed by atoms with Crippen LogP contribution in [0.4, 0.5) is 5.69 Å². The van der Waals surface area contributed by atoms with Gasteiger partial charge in [0.2, 0.25) is 0 Å². The minimum Gasteiger partial charge on any atom is -0.494 e. The summed E-state index contributed by atoms with van der Waals surface area (Å²) in [5.41, 5.74) is 3.63. The Labute approximate surface area is 196 Å². The molecule has 166 valence electrons. The first-order chi connectivity index (χ1) is 16.0. The molecule has 0 unspecified atom stereocenters. The lowest BCUT2D eigenvalue weighted by atomic mass is 10.1. The summed E-state index contributed by atoms with van der Waals surface area (Å²) < 4.78 is 38.1. The van der Waals surface area contributed by atoms with Crippen molar-refractivity contribution in [3.63, 3.8) is 0 Å². The van der Waals surface area contributed by atoms with Crippen LogP contribution in [0.5, 0.6) is 5.75 Å². The smallest absolute Gasteiger partial charge is 0.262 e. The third-order valence-corrected chi connectivity index (χ3v) is 7.77. The van der Waals surface area contributed by atoms with Crippen LogP contribution in [-0.2, 0) is 10.0 Å². The Morgan fingerprint density at radius 3 is 2.58 bits per heavy atom. The summed E-state index contributed by atoms with van der Waals surface area (Å²) in [4.78, 5) is 4.47. The summed E-state index contributed by atoms with van der Waals surface area (Å²) in [5, 5.41) is 3.04. The second-order valence-corrected chi connectivity index (χ2v) is 10.1. The zero-order chi connectivity index (χ0) is 23.0. The summed E-state index contributed by atoms with van der Waals surface area (Å²) >= 11 is 1.60. The van der Waals surface area contributed by atoms with Gasteiger partial charge in [-0.25, -0.2) is 13.4 Å². The summed E-state index contributed by atoms with van der Waals surface area (Å²) in [5.74, 6) is 0.532. The molecule has 0 atom stereocenters. The molecular formula is C25H21N3O3S2. The number of imidazole rings is 1. The zero-order valence-corrected chi connectivity index (χ0v) is 19.7. The number of nitrogens with one attached hydrogen (secondary N) is 1. The number of hydrogen-bond acceptors (Lipinski definition) is 5. The quantitative estimate of drug-likeness (QED) is 0.333. The normalized spacial score (nSPS) is 11.6. The van der Waals surface area contributed by atoms with Crippen LogP contribution in [0.25, 0.3) is 26.9 Å². The number of anilines is 1. The fourth-order valence-corrected chi connectivity index (χ4v) is 6.06. The van der Waals surface area contributed by atoms with Crippen LogP contribution >= 0.6 is 11.3 Å². The van der Waals surface area contributed by atoms with E-state index in [-0.39, 0.29) is 4.90 Å². The Bertz CT molecular complexity index is 1570. The second-order valence-electron chi connectivity index (χ2n) is 7.56. The van der Waals surface area contributed by atoms with E-state index in [1.54, 1.807) is 55.1 Å². The Hall–Kier alpha value is -3.62. The van der Waals surface area contributed by atoms with E-state index in [9.17, 15) is 8.42 Å². The Kier molecular flexibility index (Phi) is 5.39. The summed E-state index contributed by atoms with van der Waals surface area (Å²) in [6, 6.07) is 20.2. The molecule has 0 aliphatic carbocycles. The lowest BCUT2D eigenvalue weighted by molar-refractivity contribution is 0.413. The number of benzene rings is 3. The van der Waals surface area contributed by atoms with E-state index < -0.39 is 10.0 Å². The first-order valence-corrected chi connectivity index (χ1v) is 12.6. The number of hydrogen-bond donors (Lipinski definition) is 1. The molecule has 6 nitrogen and oxygen atoms in total. The van der Waals surface area contributed by atoms with Crippen molar-refractivity contribution in [1.29, 1.82) is 0 Å². The molecule has 2 aromatic heterocycles. The molecule has 0 saturated heterocycles. The predicted molar refractivity (Wildman–Crippen MR) is 133 cm³/mol. The molecule has 8 heteroatoms. The van der Waals surface area contributed by atoms with Gasteiger partial charge in [-0.05, 0) is 36.6 Å². The van der Waals surface area contributed by atoms with E-state index in [0.29, 0.717) is 17.0 Å². The van der Waals surface area contributed by atoms with Crippen molar-refractivity contribution >= 4 is 37.1 Å². The van der Waals surface area contributed by atoms with Gasteiger partial charge in [-0.1, -0.05) is 36.4 Å². The molecule has 0 fully saturated rings. The topological polar surface area (TPSA) is 73.2 Å². The second kappa shape index (κ2) is 8.38. The number of fused-ring (bicyclic) bond motifs is 1. The maximum absolute atomic E-state index is 13.4. The van der Waals surface area contributed by atoms with Crippen molar-refractivity contribution < 1.29 is 13.2 Å².